The fourth-order valence-electron chi connectivity index (χ4n) is 1.86. The van der Waals surface area contributed by atoms with Crippen LogP contribution in [-0.2, 0) is 9.47 Å². The zero-order valence-electron chi connectivity index (χ0n) is 11.9. The van der Waals surface area contributed by atoms with E-state index in [2.05, 4.69) is 0 Å². The molecule has 0 aliphatic rings. The van der Waals surface area contributed by atoms with Crippen molar-refractivity contribution in [1.29, 1.82) is 0 Å². The molecule has 0 bridgehead atoms. The van der Waals surface area contributed by atoms with Crippen molar-refractivity contribution in [2.75, 3.05) is 13.2 Å². The first-order valence-corrected chi connectivity index (χ1v) is 6.89. The molecule has 0 aromatic heterocycles. The fourth-order valence-corrected chi connectivity index (χ4v) is 1.86. The van der Waals surface area contributed by atoms with Crippen LogP contribution in [0.25, 0.3) is 0 Å². The van der Waals surface area contributed by atoms with Crippen LogP contribution in [0.5, 0.6) is 11.5 Å². The van der Waals surface area contributed by atoms with E-state index < -0.39 is 0 Å². The van der Waals surface area contributed by atoms with E-state index in [0.717, 1.165) is 17.1 Å². The quantitative estimate of drug-likeness (QED) is 0.692. The van der Waals surface area contributed by atoms with Gasteiger partial charge >= 0.3 is 0 Å². The minimum absolute atomic E-state index is 0.309. The van der Waals surface area contributed by atoms with Crippen molar-refractivity contribution >= 4 is 0 Å². The van der Waals surface area contributed by atoms with Gasteiger partial charge in [0.05, 0.1) is 0 Å². The number of ether oxygens (including phenoxy) is 3. The Bertz CT molecular complexity index is 487. The molecule has 0 spiro atoms. The minimum atomic E-state index is -0.309. The first-order valence-electron chi connectivity index (χ1n) is 6.89. The summed E-state index contributed by atoms with van der Waals surface area (Å²) in [5, 5.41) is 0. The highest BCUT2D eigenvalue weighted by molar-refractivity contribution is 5.33. The lowest BCUT2D eigenvalue weighted by Gasteiger charge is -2.17. The van der Waals surface area contributed by atoms with Gasteiger partial charge < -0.3 is 14.2 Å². The summed E-state index contributed by atoms with van der Waals surface area (Å²) in [6.07, 6.45) is -0.309. The summed E-state index contributed by atoms with van der Waals surface area (Å²) >= 11 is 0. The zero-order chi connectivity index (χ0) is 14.2. The third kappa shape index (κ3) is 4.08. The lowest BCUT2D eigenvalue weighted by atomic mass is 10.2. The molecule has 0 atom stereocenters. The largest absolute Gasteiger partial charge is 0.457 e. The van der Waals surface area contributed by atoms with Crippen molar-refractivity contribution in [2.45, 2.75) is 20.1 Å². The van der Waals surface area contributed by atoms with Gasteiger partial charge in [0.2, 0.25) is 0 Å². The molecule has 0 radical (unpaired) electrons. The van der Waals surface area contributed by atoms with E-state index in [1.807, 2.05) is 68.4 Å². The smallest absolute Gasteiger partial charge is 0.183 e. The average molecular weight is 272 g/mol. The molecule has 3 nitrogen and oxygen atoms in total. The predicted molar refractivity (Wildman–Crippen MR) is 79.0 cm³/mol. The van der Waals surface area contributed by atoms with E-state index in [9.17, 15) is 0 Å². The number of hydrogen-bond acceptors (Lipinski definition) is 3. The van der Waals surface area contributed by atoms with Crippen LogP contribution in [-0.4, -0.2) is 13.2 Å². The number of hydrogen-bond donors (Lipinski definition) is 0. The number of para-hydroxylation sites is 1. The van der Waals surface area contributed by atoms with Crippen molar-refractivity contribution in [3.05, 3.63) is 60.2 Å². The summed E-state index contributed by atoms with van der Waals surface area (Å²) < 4.78 is 16.9. The average Bonchev–Trinajstić information content (AvgIpc) is 2.49. The third-order valence-corrected chi connectivity index (χ3v) is 2.77. The molecule has 0 aliphatic carbocycles. The Morgan fingerprint density at radius 2 is 1.30 bits per heavy atom. The molecule has 0 saturated carbocycles. The Morgan fingerprint density at radius 1 is 0.750 bits per heavy atom. The molecule has 3 heteroatoms. The molecule has 2 rings (SSSR count). The Balaban J connectivity index is 2.05. The highest BCUT2D eigenvalue weighted by atomic mass is 16.7. The van der Waals surface area contributed by atoms with E-state index >= 15 is 0 Å². The Morgan fingerprint density at radius 3 is 1.85 bits per heavy atom. The van der Waals surface area contributed by atoms with Crippen molar-refractivity contribution in [3.63, 3.8) is 0 Å². The molecule has 0 fully saturated rings. The molecule has 0 unspecified atom stereocenters. The lowest BCUT2D eigenvalue weighted by Crippen LogP contribution is -2.08. The second-order valence-electron chi connectivity index (χ2n) is 4.23. The van der Waals surface area contributed by atoms with Crippen molar-refractivity contribution < 1.29 is 14.2 Å². The monoisotopic (exact) mass is 272 g/mol. The van der Waals surface area contributed by atoms with Crippen LogP contribution in [0.15, 0.2) is 54.6 Å². The molecule has 0 N–H and O–H groups in total. The maximum absolute atomic E-state index is 5.75. The summed E-state index contributed by atoms with van der Waals surface area (Å²) in [6, 6.07) is 17.5. The molecular weight excluding hydrogens is 252 g/mol. The van der Waals surface area contributed by atoms with E-state index in [4.69, 9.17) is 14.2 Å². The van der Waals surface area contributed by atoms with Gasteiger partial charge in [0.25, 0.3) is 0 Å². The standard InChI is InChI=1S/C17H20O3/c1-3-18-17(19-4-2)14-10-12-16(13-11-14)20-15-8-6-5-7-9-15/h5-13,17H,3-4H2,1-2H3. The third-order valence-electron chi connectivity index (χ3n) is 2.77. The van der Waals surface area contributed by atoms with Crippen LogP contribution in [0, 0.1) is 0 Å². The van der Waals surface area contributed by atoms with Gasteiger partial charge in [-0.3, -0.25) is 0 Å². The van der Waals surface area contributed by atoms with Gasteiger partial charge in [-0.25, -0.2) is 0 Å². The first kappa shape index (κ1) is 14.6. The summed E-state index contributed by atoms with van der Waals surface area (Å²) in [5.41, 5.74) is 0.995. The first-order chi connectivity index (χ1) is 9.83. The van der Waals surface area contributed by atoms with Crippen molar-refractivity contribution in [2.24, 2.45) is 0 Å². The van der Waals surface area contributed by atoms with Crippen LogP contribution in [0.2, 0.25) is 0 Å². The highest BCUT2D eigenvalue weighted by Crippen LogP contribution is 2.25. The summed E-state index contributed by atoms with van der Waals surface area (Å²) in [5.74, 6) is 1.62. The fraction of sp³-hybridized carbons (Fsp3) is 0.294. The van der Waals surface area contributed by atoms with Crippen molar-refractivity contribution in [3.8, 4) is 11.5 Å². The number of rotatable bonds is 7. The molecule has 2 aromatic rings. The van der Waals surface area contributed by atoms with Gasteiger partial charge in [-0.2, -0.15) is 0 Å². The maximum Gasteiger partial charge on any atom is 0.183 e. The van der Waals surface area contributed by atoms with Gasteiger partial charge in [0, 0.05) is 18.8 Å². The van der Waals surface area contributed by atoms with Crippen LogP contribution in [0.1, 0.15) is 25.7 Å². The molecule has 106 valence electrons. The predicted octanol–water partition coefficient (Wildman–Crippen LogP) is 4.55. The van der Waals surface area contributed by atoms with Gasteiger partial charge in [0.1, 0.15) is 11.5 Å². The summed E-state index contributed by atoms with van der Waals surface area (Å²) in [7, 11) is 0. The maximum atomic E-state index is 5.75. The zero-order valence-corrected chi connectivity index (χ0v) is 11.9. The molecule has 0 heterocycles. The molecule has 20 heavy (non-hydrogen) atoms. The summed E-state index contributed by atoms with van der Waals surface area (Å²) in [4.78, 5) is 0. The molecule has 2 aromatic carbocycles. The molecular formula is C17H20O3. The topological polar surface area (TPSA) is 27.7 Å². The van der Waals surface area contributed by atoms with Gasteiger partial charge in [-0.1, -0.05) is 30.3 Å². The second kappa shape index (κ2) is 7.68. The van der Waals surface area contributed by atoms with E-state index in [0.29, 0.717) is 13.2 Å². The Kier molecular flexibility index (Phi) is 5.59. The lowest BCUT2D eigenvalue weighted by molar-refractivity contribution is -0.140. The van der Waals surface area contributed by atoms with Crippen LogP contribution in [0.3, 0.4) is 0 Å². The van der Waals surface area contributed by atoms with Crippen LogP contribution in [0.4, 0.5) is 0 Å². The molecule has 0 saturated heterocycles. The summed E-state index contributed by atoms with van der Waals surface area (Å²) in [6.45, 7) is 5.15. The minimum Gasteiger partial charge on any atom is -0.457 e. The molecule has 0 amide bonds. The normalized spacial score (nSPS) is 10.8. The molecule has 0 aliphatic heterocycles. The van der Waals surface area contributed by atoms with Gasteiger partial charge in [-0.15, -0.1) is 0 Å². The van der Waals surface area contributed by atoms with E-state index in [1.165, 1.54) is 0 Å². The SMILES string of the molecule is CCOC(OCC)c1ccc(Oc2ccccc2)cc1. The second-order valence-corrected chi connectivity index (χ2v) is 4.23. The van der Waals surface area contributed by atoms with Crippen LogP contribution >= 0.6 is 0 Å². The number of benzene rings is 2. The van der Waals surface area contributed by atoms with Gasteiger partial charge in [-0.05, 0) is 38.1 Å². The van der Waals surface area contributed by atoms with E-state index in [1.54, 1.807) is 0 Å². The highest BCUT2D eigenvalue weighted by Gasteiger charge is 2.11. The van der Waals surface area contributed by atoms with Crippen molar-refractivity contribution in [1.82, 2.24) is 0 Å². The van der Waals surface area contributed by atoms with E-state index in [-0.39, 0.29) is 6.29 Å². The Hall–Kier alpha value is -1.84. The van der Waals surface area contributed by atoms with Gasteiger partial charge in [0.15, 0.2) is 6.29 Å². The Labute approximate surface area is 120 Å². The van der Waals surface area contributed by atoms with Crippen LogP contribution < -0.4 is 4.74 Å².